The standard InChI is InChI=1S/C23H23F3N8O2S2/c1-4-32-10-15(13(3)30-32)38(35,36)33-7-5-6-14(9-33)20-29-21-19-18(27-11-34(21)31-20)17-12(2)8-16(23(24,25)26)28-22(17)37-19/h8,10-11,14H,4-7,9H2,1-3H3. The van der Waals surface area contributed by atoms with E-state index in [1.54, 1.807) is 24.7 Å². The summed E-state index contributed by atoms with van der Waals surface area (Å²) in [7, 11) is -3.75. The highest BCUT2D eigenvalue weighted by atomic mass is 32.2. The van der Waals surface area contributed by atoms with Gasteiger partial charge in [-0.25, -0.2) is 27.9 Å². The third-order valence-electron chi connectivity index (χ3n) is 6.86. The molecule has 10 nitrogen and oxygen atoms in total. The van der Waals surface area contributed by atoms with Crippen LogP contribution in [-0.4, -0.2) is 60.2 Å². The first kappa shape index (κ1) is 25.1. The molecular weight excluding hydrogens is 541 g/mol. The van der Waals surface area contributed by atoms with Crippen molar-refractivity contribution >= 4 is 47.4 Å². The molecule has 38 heavy (non-hydrogen) atoms. The second-order valence-electron chi connectivity index (χ2n) is 9.40. The van der Waals surface area contributed by atoms with Crippen molar-refractivity contribution in [3.8, 4) is 0 Å². The molecule has 0 radical (unpaired) electrons. The van der Waals surface area contributed by atoms with E-state index in [-0.39, 0.29) is 22.2 Å². The van der Waals surface area contributed by atoms with Crippen molar-refractivity contribution in [2.75, 3.05) is 13.1 Å². The topological polar surface area (TPSA) is 111 Å². The van der Waals surface area contributed by atoms with E-state index < -0.39 is 21.9 Å². The normalized spacial score (nSPS) is 17.8. The van der Waals surface area contributed by atoms with E-state index in [0.29, 0.717) is 64.3 Å². The zero-order chi connectivity index (χ0) is 27.0. The van der Waals surface area contributed by atoms with Gasteiger partial charge in [0.25, 0.3) is 0 Å². The summed E-state index contributed by atoms with van der Waals surface area (Å²) < 4.78 is 72.0. The number of nitrogens with zero attached hydrogens (tertiary/aromatic N) is 8. The molecule has 200 valence electrons. The lowest BCUT2D eigenvalue weighted by Crippen LogP contribution is -2.39. The van der Waals surface area contributed by atoms with Crippen LogP contribution in [0.15, 0.2) is 23.5 Å². The third kappa shape index (κ3) is 3.94. The fourth-order valence-electron chi connectivity index (χ4n) is 4.97. The van der Waals surface area contributed by atoms with Gasteiger partial charge in [0.2, 0.25) is 10.0 Å². The Labute approximate surface area is 219 Å². The highest BCUT2D eigenvalue weighted by molar-refractivity contribution is 7.89. The van der Waals surface area contributed by atoms with Crippen LogP contribution in [0.2, 0.25) is 0 Å². The summed E-state index contributed by atoms with van der Waals surface area (Å²) in [6.07, 6.45) is -0.172. The number of rotatable bonds is 4. The van der Waals surface area contributed by atoms with Crippen LogP contribution in [-0.2, 0) is 22.7 Å². The Morgan fingerprint density at radius 2 is 1.97 bits per heavy atom. The Bertz CT molecular complexity index is 1820. The van der Waals surface area contributed by atoms with Gasteiger partial charge < -0.3 is 0 Å². The molecule has 0 bridgehead atoms. The lowest BCUT2D eigenvalue weighted by Gasteiger charge is -2.30. The molecule has 0 N–H and O–H groups in total. The predicted octanol–water partition coefficient (Wildman–Crippen LogP) is 4.31. The number of thiophene rings is 1. The van der Waals surface area contributed by atoms with Gasteiger partial charge in [0, 0.05) is 37.1 Å². The number of aromatic nitrogens is 7. The van der Waals surface area contributed by atoms with Crippen LogP contribution < -0.4 is 0 Å². The molecule has 0 aromatic carbocycles. The van der Waals surface area contributed by atoms with E-state index in [1.807, 2.05) is 6.92 Å². The Kier molecular flexibility index (Phi) is 5.74. The minimum atomic E-state index is -4.55. The molecule has 6 rings (SSSR count). The monoisotopic (exact) mass is 564 g/mol. The van der Waals surface area contributed by atoms with Gasteiger partial charge >= 0.3 is 6.18 Å². The number of piperidine rings is 1. The first-order chi connectivity index (χ1) is 18.0. The summed E-state index contributed by atoms with van der Waals surface area (Å²) in [6.45, 7) is 6.35. The van der Waals surface area contributed by atoms with E-state index in [2.05, 4.69) is 20.2 Å². The lowest BCUT2D eigenvalue weighted by atomic mass is 9.99. The van der Waals surface area contributed by atoms with E-state index in [1.165, 1.54) is 15.1 Å². The molecule has 1 aliphatic heterocycles. The zero-order valence-corrected chi connectivity index (χ0v) is 22.3. The van der Waals surface area contributed by atoms with Crippen molar-refractivity contribution in [2.45, 2.75) is 57.1 Å². The molecule has 5 aromatic heterocycles. The summed E-state index contributed by atoms with van der Waals surface area (Å²) in [5, 5.41) is 9.41. The highest BCUT2D eigenvalue weighted by Gasteiger charge is 2.36. The Hall–Kier alpha value is -3.17. The van der Waals surface area contributed by atoms with Gasteiger partial charge in [0.05, 0.1) is 11.2 Å². The molecule has 1 atom stereocenters. The van der Waals surface area contributed by atoms with Crippen LogP contribution in [0.3, 0.4) is 0 Å². The number of hydrogen-bond donors (Lipinski definition) is 0. The number of sulfonamides is 1. The summed E-state index contributed by atoms with van der Waals surface area (Å²) in [5.74, 6) is 0.222. The minimum Gasteiger partial charge on any atom is -0.271 e. The van der Waals surface area contributed by atoms with Gasteiger partial charge in [-0.2, -0.15) is 22.6 Å². The second-order valence-corrected chi connectivity index (χ2v) is 12.3. The van der Waals surface area contributed by atoms with E-state index >= 15 is 0 Å². The van der Waals surface area contributed by atoms with Gasteiger partial charge in [-0.1, -0.05) is 0 Å². The summed E-state index contributed by atoms with van der Waals surface area (Å²) in [6, 6.07) is 1.03. The summed E-state index contributed by atoms with van der Waals surface area (Å²) in [4.78, 5) is 13.4. The van der Waals surface area contributed by atoms with Gasteiger partial charge in [-0.15, -0.1) is 16.4 Å². The third-order valence-corrected chi connectivity index (χ3v) is 9.90. The van der Waals surface area contributed by atoms with E-state index in [0.717, 1.165) is 17.4 Å². The average Bonchev–Trinajstić information content (AvgIpc) is 3.57. The van der Waals surface area contributed by atoms with Crippen LogP contribution >= 0.6 is 11.3 Å². The van der Waals surface area contributed by atoms with Crippen LogP contribution in [0.1, 0.15) is 48.5 Å². The lowest BCUT2D eigenvalue weighted by molar-refractivity contribution is -0.141. The number of halogens is 3. The van der Waals surface area contributed by atoms with Gasteiger partial charge in [0.15, 0.2) is 11.5 Å². The quantitative estimate of drug-likeness (QED) is 0.320. The molecule has 1 saturated heterocycles. The number of alkyl halides is 3. The van der Waals surface area contributed by atoms with Crippen LogP contribution in [0.4, 0.5) is 13.2 Å². The molecule has 1 aliphatic rings. The molecular formula is C23H23F3N8O2S2. The smallest absolute Gasteiger partial charge is 0.271 e. The molecule has 5 aromatic rings. The van der Waals surface area contributed by atoms with Crippen molar-refractivity contribution in [2.24, 2.45) is 0 Å². The SMILES string of the molecule is CCn1cc(S(=O)(=O)N2CCCC(c3nc4c5sc6nc(C(F)(F)F)cc(C)c6c5ncn4n3)C2)c(C)n1. The maximum atomic E-state index is 13.4. The minimum absolute atomic E-state index is 0.195. The van der Waals surface area contributed by atoms with Crippen LogP contribution in [0.25, 0.3) is 26.1 Å². The largest absolute Gasteiger partial charge is 0.433 e. The molecule has 15 heteroatoms. The van der Waals surface area contributed by atoms with Gasteiger partial charge in [-0.05, 0) is 45.2 Å². The number of fused-ring (bicyclic) bond motifs is 5. The van der Waals surface area contributed by atoms with E-state index in [4.69, 9.17) is 4.98 Å². The number of pyridine rings is 1. The fraction of sp³-hybridized carbons (Fsp3) is 0.435. The highest BCUT2D eigenvalue weighted by Crippen LogP contribution is 2.39. The van der Waals surface area contributed by atoms with Crippen molar-refractivity contribution < 1.29 is 21.6 Å². The predicted molar refractivity (Wildman–Crippen MR) is 135 cm³/mol. The average molecular weight is 565 g/mol. The maximum absolute atomic E-state index is 13.4. The van der Waals surface area contributed by atoms with Crippen molar-refractivity contribution in [3.05, 3.63) is 41.4 Å². The molecule has 6 heterocycles. The second kappa shape index (κ2) is 8.68. The fourth-order valence-corrected chi connectivity index (χ4v) is 7.84. The Morgan fingerprint density at radius 3 is 2.68 bits per heavy atom. The molecule has 0 spiro atoms. The first-order valence-corrected chi connectivity index (χ1v) is 14.3. The van der Waals surface area contributed by atoms with Crippen LogP contribution in [0, 0.1) is 13.8 Å². The molecule has 0 amide bonds. The number of aryl methyl sites for hydroxylation is 3. The maximum Gasteiger partial charge on any atom is 0.433 e. The Morgan fingerprint density at radius 1 is 1.18 bits per heavy atom. The molecule has 0 aliphatic carbocycles. The van der Waals surface area contributed by atoms with Crippen LogP contribution in [0.5, 0.6) is 0 Å². The van der Waals surface area contributed by atoms with Crippen molar-refractivity contribution in [1.29, 1.82) is 0 Å². The summed E-state index contributed by atoms with van der Waals surface area (Å²) in [5.41, 5.74) is 0.915. The molecule has 1 fully saturated rings. The van der Waals surface area contributed by atoms with E-state index in [9.17, 15) is 21.6 Å². The van der Waals surface area contributed by atoms with Crippen molar-refractivity contribution in [1.82, 2.24) is 38.7 Å². The van der Waals surface area contributed by atoms with Crippen molar-refractivity contribution in [3.63, 3.8) is 0 Å². The number of hydrogen-bond acceptors (Lipinski definition) is 8. The van der Waals surface area contributed by atoms with Gasteiger partial charge in [0.1, 0.15) is 26.4 Å². The first-order valence-electron chi connectivity index (χ1n) is 12.0. The molecule has 1 unspecified atom stereocenters. The Balaban J connectivity index is 1.38. The summed E-state index contributed by atoms with van der Waals surface area (Å²) >= 11 is 1.09. The zero-order valence-electron chi connectivity index (χ0n) is 20.7. The van der Waals surface area contributed by atoms with Gasteiger partial charge in [-0.3, -0.25) is 4.68 Å². The molecule has 0 saturated carbocycles.